The van der Waals surface area contributed by atoms with Gasteiger partial charge in [-0.25, -0.2) is 18.4 Å². The second-order valence-electron chi connectivity index (χ2n) is 9.07. The van der Waals surface area contributed by atoms with Crippen molar-refractivity contribution in [1.29, 1.82) is 0 Å². The number of rotatable bonds is 7. The maximum atomic E-state index is 12.7. The lowest BCUT2D eigenvalue weighted by molar-refractivity contribution is -0.122. The summed E-state index contributed by atoms with van der Waals surface area (Å²) in [4.78, 5) is 21.0. The minimum atomic E-state index is -3.85. The van der Waals surface area contributed by atoms with Gasteiger partial charge in [-0.3, -0.25) is 9.52 Å². The molecule has 0 aliphatic carbocycles. The van der Waals surface area contributed by atoms with E-state index >= 15 is 0 Å². The zero-order valence-electron chi connectivity index (χ0n) is 20.2. The van der Waals surface area contributed by atoms with E-state index in [2.05, 4.69) is 40.8 Å². The van der Waals surface area contributed by atoms with Gasteiger partial charge in [0.2, 0.25) is 0 Å². The molecule has 0 saturated heterocycles. The van der Waals surface area contributed by atoms with Gasteiger partial charge in [0.1, 0.15) is 17.4 Å². The van der Waals surface area contributed by atoms with Crippen LogP contribution >= 0.6 is 0 Å². The third kappa shape index (κ3) is 6.32. The summed E-state index contributed by atoms with van der Waals surface area (Å²) in [5, 5.41) is 2.76. The summed E-state index contributed by atoms with van der Waals surface area (Å²) in [7, 11) is -3.85. The van der Waals surface area contributed by atoms with Gasteiger partial charge in [0, 0.05) is 17.4 Å². The van der Waals surface area contributed by atoms with Crippen molar-refractivity contribution in [3.05, 3.63) is 71.7 Å². The van der Waals surface area contributed by atoms with E-state index < -0.39 is 16.1 Å². The van der Waals surface area contributed by atoms with E-state index in [-0.39, 0.29) is 22.0 Å². The van der Waals surface area contributed by atoms with Crippen LogP contribution < -0.4 is 14.8 Å². The largest absolute Gasteiger partial charge is 0.481 e. The first-order valence-corrected chi connectivity index (χ1v) is 12.4. The summed E-state index contributed by atoms with van der Waals surface area (Å²) in [5.41, 5.74) is 1.98. The van der Waals surface area contributed by atoms with E-state index in [0.29, 0.717) is 23.0 Å². The van der Waals surface area contributed by atoms with Gasteiger partial charge in [-0.1, -0.05) is 39.0 Å². The van der Waals surface area contributed by atoms with Crippen LogP contribution in [-0.4, -0.2) is 30.4 Å². The fourth-order valence-electron chi connectivity index (χ4n) is 3.36. The lowest BCUT2D eigenvalue weighted by Gasteiger charge is -2.24. The maximum absolute atomic E-state index is 12.7. The molecule has 0 bridgehead atoms. The number of anilines is 2. The molecule has 1 amide bonds. The van der Waals surface area contributed by atoms with Crippen LogP contribution in [0.5, 0.6) is 5.75 Å². The summed E-state index contributed by atoms with van der Waals surface area (Å²) < 4.78 is 33.8. The molecule has 0 aliphatic rings. The molecule has 0 spiro atoms. The molecule has 8 nitrogen and oxygen atoms in total. The number of amides is 1. The van der Waals surface area contributed by atoms with Crippen LogP contribution in [0.25, 0.3) is 0 Å². The maximum Gasteiger partial charge on any atom is 0.265 e. The van der Waals surface area contributed by atoms with Crippen LogP contribution in [0.4, 0.5) is 11.5 Å². The molecule has 2 N–H and O–H groups in total. The van der Waals surface area contributed by atoms with Crippen LogP contribution in [-0.2, 0) is 20.2 Å². The summed E-state index contributed by atoms with van der Waals surface area (Å²) in [6.07, 6.45) is -0.752. The highest BCUT2D eigenvalue weighted by molar-refractivity contribution is 7.92. The minimum Gasteiger partial charge on any atom is -0.481 e. The Morgan fingerprint density at radius 1 is 1.00 bits per heavy atom. The van der Waals surface area contributed by atoms with Crippen molar-refractivity contribution >= 4 is 27.4 Å². The Morgan fingerprint density at radius 3 is 2.26 bits per heavy atom. The van der Waals surface area contributed by atoms with Crippen LogP contribution in [0.2, 0.25) is 0 Å². The number of hydrogen-bond donors (Lipinski definition) is 2. The van der Waals surface area contributed by atoms with E-state index in [1.807, 2.05) is 24.3 Å². The summed E-state index contributed by atoms with van der Waals surface area (Å²) in [6, 6.07) is 15.1. The molecule has 1 aromatic heterocycles. The van der Waals surface area contributed by atoms with Gasteiger partial charge in [-0.15, -0.1) is 0 Å². The van der Waals surface area contributed by atoms with E-state index in [4.69, 9.17) is 4.74 Å². The van der Waals surface area contributed by atoms with Gasteiger partial charge in [-0.05, 0) is 62.1 Å². The molecule has 34 heavy (non-hydrogen) atoms. The predicted octanol–water partition coefficient (Wildman–Crippen LogP) is 4.60. The summed E-state index contributed by atoms with van der Waals surface area (Å²) in [6.45, 7) is 11.4. The fourth-order valence-corrected chi connectivity index (χ4v) is 4.35. The molecule has 3 aromatic rings. The third-order valence-corrected chi connectivity index (χ3v) is 6.38. The number of benzene rings is 2. The Bertz CT molecular complexity index is 1260. The molecule has 1 heterocycles. The number of nitrogens with zero attached hydrogens (tertiary/aromatic N) is 2. The molecule has 0 saturated carbocycles. The normalized spacial score (nSPS) is 12.6. The summed E-state index contributed by atoms with van der Waals surface area (Å²) in [5.74, 6) is 0.978. The quantitative estimate of drug-likeness (QED) is 0.509. The number of carbonyl (C=O) groups is 1. The molecule has 0 aliphatic heterocycles. The van der Waals surface area contributed by atoms with E-state index in [9.17, 15) is 13.2 Å². The zero-order chi connectivity index (χ0) is 25.1. The second-order valence-corrected chi connectivity index (χ2v) is 10.7. The number of carbonyl (C=O) groups excluding carboxylic acids is 1. The highest BCUT2D eigenvalue weighted by Crippen LogP contribution is 2.31. The number of hydrogen-bond acceptors (Lipinski definition) is 6. The average Bonchev–Trinajstić information content (AvgIpc) is 2.72. The number of aromatic nitrogens is 2. The molecule has 1 atom stereocenters. The monoisotopic (exact) mass is 482 g/mol. The molecule has 0 fully saturated rings. The van der Waals surface area contributed by atoms with Crippen molar-refractivity contribution in [2.75, 3.05) is 10.0 Å². The molecule has 1 unspecified atom stereocenters. The van der Waals surface area contributed by atoms with E-state index in [1.165, 1.54) is 24.3 Å². The SMILES string of the molecule is Cc1cc(NS(=O)(=O)c2ccc(NC(=O)C(C)Oc3ccccc3C(C)(C)C)cc2)nc(C)n1. The van der Waals surface area contributed by atoms with Crippen molar-refractivity contribution in [1.82, 2.24) is 9.97 Å². The second kappa shape index (κ2) is 9.80. The standard InChI is InChI=1S/C25H30N4O4S/c1-16-15-23(27-18(3)26-16)29-34(31,32)20-13-11-19(12-14-20)28-24(30)17(2)33-22-10-8-7-9-21(22)25(4,5)6/h7-15,17H,1-6H3,(H,28,30)(H,26,27,29). The van der Waals surface area contributed by atoms with Gasteiger partial charge >= 0.3 is 0 Å². The van der Waals surface area contributed by atoms with Crippen LogP contribution in [0.3, 0.4) is 0 Å². The highest BCUT2D eigenvalue weighted by atomic mass is 32.2. The lowest BCUT2D eigenvalue weighted by Crippen LogP contribution is -2.31. The van der Waals surface area contributed by atoms with Crippen LogP contribution in [0.15, 0.2) is 59.5 Å². The number of nitrogens with one attached hydrogen (secondary N) is 2. The van der Waals surface area contributed by atoms with Gasteiger partial charge in [0.15, 0.2) is 6.10 Å². The zero-order valence-corrected chi connectivity index (χ0v) is 21.0. The molecule has 3 rings (SSSR count). The first-order valence-electron chi connectivity index (χ1n) is 10.9. The summed E-state index contributed by atoms with van der Waals surface area (Å²) >= 11 is 0. The molecule has 9 heteroatoms. The van der Waals surface area contributed by atoms with Gasteiger partial charge in [0.25, 0.3) is 15.9 Å². The highest BCUT2D eigenvalue weighted by Gasteiger charge is 2.22. The number of aryl methyl sites for hydroxylation is 2. The topological polar surface area (TPSA) is 110 Å². The Labute approximate surface area is 200 Å². The smallest absolute Gasteiger partial charge is 0.265 e. The minimum absolute atomic E-state index is 0.0443. The number of para-hydroxylation sites is 1. The van der Waals surface area contributed by atoms with Crippen molar-refractivity contribution in [2.24, 2.45) is 0 Å². The van der Waals surface area contributed by atoms with Gasteiger partial charge in [0.05, 0.1) is 4.90 Å². The fraction of sp³-hybridized carbons (Fsp3) is 0.320. The predicted molar refractivity (Wildman–Crippen MR) is 133 cm³/mol. The molecule has 2 aromatic carbocycles. The van der Waals surface area contributed by atoms with Crippen LogP contribution in [0, 0.1) is 13.8 Å². The molecular weight excluding hydrogens is 452 g/mol. The van der Waals surface area contributed by atoms with Gasteiger partial charge in [-0.2, -0.15) is 0 Å². The Kier molecular flexibility index (Phi) is 7.26. The molecular formula is C25H30N4O4S. The average molecular weight is 483 g/mol. The van der Waals surface area contributed by atoms with Crippen LogP contribution in [0.1, 0.15) is 44.8 Å². The van der Waals surface area contributed by atoms with Crippen molar-refractivity contribution < 1.29 is 17.9 Å². The molecule has 180 valence electrons. The van der Waals surface area contributed by atoms with Gasteiger partial charge < -0.3 is 10.1 Å². The lowest BCUT2D eigenvalue weighted by atomic mass is 9.86. The van der Waals surface area contributed by atoms with Crippen molar-refractivity contribution in [3.8, 4) is 5.75 Å². The number of ether oxygens (including phenoxy) is 1. The first-order chi connectivity index (χ1) is 15.8. The third-order valence-electron chi connectivity index (χ3n) is 5.01. The first kappa shape index (κ1) is 25.2. The Balaban J connectivity index is 1.68. The Hall–Kier alpha value is -3.46. The van der Waals surface area contributed by atoms with Crippen molar-refractivity contribution in [3.63, 3.8) is 0 Å². The number of sulfonamides is 1. The van der Waals surface area contributed by atoms with E-state index in [1.54, 1.807) is 26.8 Å². The molecule has 0 radical (unpaired) electrons. The van der Waals surface area contributed by atoms with Crippen molar-refractivity contribution in [2.45, 2.75) is 58.0 Å². The Morgan fingerprint density at radius 2 is 1.65 bits per heavy atom. The van der Waals surface area contributed by atoms with E-state index in [0.717, 1.165) is 5.56 Å².